The average Bonchev–Trinajstić information content (AvgIpc) is 2.89. The smallest absolute Gasteiger partial charge is 0.167 e. The van der Waals surface area contributed by atoms with Crippen molar-refractivity contribution in [2.45, 2.75) is 58.0 Å². The summed E-state index contributed by atoms with van der Waals surface area (Å²) in [6.45, 7) is 2.47. The number of pyridine rings is 1. The fourth-order valence-corrected chi connectivity index (χ4v) is 4.07. The third-order valence-corrected chi connectivity index (χ3v) is 5.52. The molecule has 4 rings (SSSR count). The molecule has 1 aromatic carbocycles. The Morgan fingerprint density at radius 1 is 1.12 bits per heavy atom. The van der Waals surface area contributed by atoms with E-state index in [1.807, 2.05) is 25.1 Å². The van der Waals surface area contributed by atoms with Crippen molar-refractivity contribution in [1.82, 2.24) is 14.6 Å². The number of nitrogens with zero attached hydrogens (tertiary/aromatic N) is 3. The van der Waals surface area contributed by atoms with Crippen LogP contribution >= 0.6 is 11.6 Å². The lowest BCUT2D eigenvalue weighted by Gasteiger charge is -2.13. The highest BCUT2D eigenvalue weighted by Crippen LogP contribution is 2.31. The van der Waals surface area contributed by atoms with Crippen molar-refractivity contribution in [2.24, 2.45) is 0 Å². The van der Waals surface area contributed by atoms with Crippen LogP contribution in [0.3, 0.4) is 0 Å². The largest absolute Gasteiger partial charge is 0.488 e. The fourth-order valence-electron chi connectivity index (χ4n) is 3.85. The first kappa shape index (κ1) is 17.3. The normalized spacial score (nSPS) is 15.9. The zero-order valence-electron chi connectivity index (χ0n) is 15.1. The number of aromatic nitrogens is 3. The Hall–Kier alpha value is -2.07. The molecule has 2 heterocycles. The van der Waals surface area contributed by atoms with Gasteiger partial charge in [-0.2, -0.15) is 0 Å². The van der Waals surface area contributed by atoms with Gasteiger partial charge in [-0.15, -0.1) is 10.2 Å². The molecule has 0 amide bonds. The highest BCUT2D eigenvalue weighted by atomic mass is 35.5. The Bertz CT molecular complexity index is 897. The molecule has 0 spiro atoms. The molecular formula is C21H24ClN3O. The van der Waals surface area contributed by atoms with Gasteiger partial charge in [0.15, 0.2) is 5.65 Å². The molecule has 0 unspecified atom stereocenters. The van der Waals surface area contributed by atoms with Gasteiger partial charge in [0.25, 0.3) is 0 Å². The van der Waals surface area contributed by atoms with Gasteiger partial charge in [0.05, 0.1) is 0 Å². The van der Waals surface area contributed by atoms with Crippen molar-refractivity contribution in [3.05, 3.63) is 58.5 Å². The zero-order valence-corrected chi connectivity index (χ0v) is 15.9. The monoisotopic (exact) mass is 369 g/mol. The second-order valence-corrected chi connectivity index (χ2v) is 7.61. The summed E-state index contributed by atoms with van der Waals surface area (Å²) < 4.78 is 8.18. The second kappa shape index (κ2) is 7.67. The highest BCUT2D eigenvalue weighted by molar-refractivity contribution is 6.30. The van der Waals surface area contributed by atoms with Gasteiger partial charge in [0.2, 0.25) is 0 Å². The minimum atomic E-state index is 0.468. The third kappa shape index (κ3) is 3.56. The number of fused-ring (bicyclic) bond motifs is 1. The molecule has 0 bridgehead atoms. The molecule has 136 valence electrons. The van der Waals surface area contributed by atoms with Gasteiger partial charge in [-0.1, -0.05) is 43.4 Å². The standard InChI is InChI=1S/C21H24ClN3O/c1-15-13-18(22)10-11-19(15)26-14-17-9-6-12-25-20(23-24-21(17)25)16-7-4-2-3-5-8-16/h6,9-13,16H,2-5,7-8,14H2,1H3. The van der Waals surface area contributed by atoms with Crippen LogP contribution in [0.2, 0.25) is 5.02 Å². The van der Waals surface area contributed by atoms with Gasteiger partial charge < -0.3 is 4.74 Å². The van der Waals surface area contributed by atoms with Crippen LogP contribution in [-0.2, 0) is 6.61 Å². The van der Waals surface area contributed by atoms with E-state index in [1.54, 1.807) is 0 Å². The molecule has 2 aromatic heterocycles. The summed E-state index contributed by atoms with van der Waals surface area (Å²) in [5, 5.41) is 9.75. The Balaban J connectivity index is 1.58. The van der Waals surface area contributed by atoms with Crippen LogP contribution in [0.4, 0.5) is 0 Å². The number of hydrogen-bond acceptors (Lipinski definition) is 3. The number of halogens is 1. The summed E-state index contributed by atoms with van der Waals surface area (Å²) in [7, 11) is 0. The predicted octanol–water partition coefficient (Wildman–Crippen LogP) is 5.71. The summed E-state index contributed by atoms with van der Waals surface area (Å²) >= 11 is 6.02. The molecule has 0 saturated heterocycles. The van der Waals surface area contributed by atoms with E-state index < -0.39 is 0 Å². The molecule has 1 fully saturated rings. The number of aryl methyl sites for hydroxylation is 1. The van der Waals surface area contributed by atoms with Gasteiger partial charge in [0, 0.05) is 22.7 Å². The Morgan fingerprint density at radius 2 is 1.92 bits per heavy atom. The fraction of sp³-hybridized carbons (Fsp3) is 0.429. The molecule has 0 N–H and O–H groups in total. The Morgan fingerprint density at radius 3 is 2.69 bits per heavy atom. The Kier molecular flexibility index (Phi) is 5.11. The lowest BCUT2D eigenvalue weighted by atomic mass is 9.99. The average molecular weight is 370 g/mol. The van der Waals surface area contributed by atoms with Gasteiger partial charge in [-0.05, 0) is 49.6 Å². The number of benzene rings is 1. The number of rotatable bonds is 4. The van der Waals surface area contributed by atoms with Gasteiger partial charge in [-0.25, -0.2) is 0 Å². The first-order chi connectivity index (χ1) is 12.7. The van der Waals surface area contributed by atoms with E-state index in [-0.39, 0.29) is 0 Å². The van der Waals surface area contributed by atoms with Crippen LogP contribution in [0.15, 0.2) is 36.5 Å². The first-order valence-corrected chi connectivity index (χ1v) is 9.81. The van der Waals surface area contributed by atoms with E-state index in [1.165, 1.54) is 38.5 Å². The van der Waals surface area contributed by atoms with E-state index in [4.69, 9.17) is 16.3 Å². The lowest BCUT2D eigenvalue weighted by Crippen LogP contribution is -2.05. The van der Waals surface area contributed by atoms with Crippen molar-refractivity contribution in [1.29, 1.82) is 0 Å². The summed E-state index contributed by atoms with van der Waals surface area (Å²) in [5.41, 5.74) is 2.98. The molecule has 5 heteroatoms. The van der Waals surface area contributed by atoms with Gasteiger partial charge >= 0.3 is 0 Å². The number of ether oxygens (including phenoxy) is 1. The van der Waals surface area contributed by atoms with E-state index in [9.17, 15) is 0 Å². The van der Waals surface area contributed by atoms with Crippen LogP contribution in [0.5, 0.6) is 5.75 Å². The van der Waals surface area contributed by atoms with Crippen LogP contribution < -0.4 is 4.74 Å². The van der Waals surface area contributed by atoms with Crippen LogP contribution in [0.25, 0.3) is 5.65 Å². The molecular weight excluding hydrogens is 346 g/mol. The SMILES string of the molecule is Cc1cc(Cl)ccc1OCc1cccn2c(C3CCCCCC3)nnc12. The molecule has 0 radical (unpaired) electrons. The topological polar surface area (TPSA) is 39.4 Å². The van der Waals surface area contributed by atoms with Crippen LogP contribution in [-0.4, -0.2) is 14.6 Å². The molecule has 4 nitrogen and oxygen atoms in total. The molecule has 0 aliphatic heterocycles. The minimum absolute atomic E-state index is 0.468. The van der Waals surface area contributed by atoms with Crippen molar-refractivity contribution >= 4 is 17.2 Å². The quantitative estimate of drug-likeness (QED) is 0.553. The maximum atomic E-state index is 6.02. The van der Waals surface area contributed by atoms with E-state index in [2.05, 4.69) is 32.9 Å². The molecule has 1 aliphatic carbocycles. The van der Waals surface area contributed by atoms with Crippen LogP contribution in [0.1, 0.15) is 61.4 Å². The van der Waals surface area contributed by atoms with Crippen molar-refractivity contribution in [2.75, 3.05) is 0 Å². The van der Waals surface area contributed by atoms with Crippen molar-refractivity contribution in [3.63, 3.8) is 0 Å². The van der Waals surface area contributed by atoms with Crippen LogP contribution in [0, 0.1) is 6.92 Å². The minimum Gasteiger partial charge on any atom is -0.488 e. The van der Waals surface area contributed by atoms with E-state index in [0.29, 0.717) is 12.5 Å². The highest BCUT2D eigenvalue weighted by Gasteiger charge is 2.20. The molecule has 3 aromatic rings. The molecule has 1 saturated carbocycles. The van der Waals surface area contributed by atoms with E-state index >= 15 is 0 Å². The first-order valence-electron chi connectivity index (χ1n) is 9.44. The molecule has 1 aliphatic rings. The summed E-state index contributed by atoms with van der Waals surface area (Å²) in [6.07, 6.45) is 9.76. The second-order valence-electron chi connectivity index (χ2n) is 7.17. The molecule has 26 heavy (non-hydrogen) atoms. The summed E-state index contributed by atoms with van der Waals surface area (Å²) in [4.78, 5) is 0. The predicted molar refractivity (Wildman–Crippen MR) is 104 cm³/mol. The maximum Gasteiger partial charge on any atom is 0.167 e. The zero-order chi connectivity index (χ0) is 17.9. The number of hydrogen-bond donors (Lipinski definition) is 0. The van der Waals surface area contributed by atoms with E-state index in [0.717, 1.165) is 33.4 Å². The van der Waals surface area contributed by atoms with Gasteiger partial charge in [0.1, 0.15) is 18.2 Å². The lowest BCUT2D eigenvalue weighted by molar-refractivity contribution is 0.305. The molecule has 0 atom stereocenters. The van der Waals surface area contributed by atoms with Gasteiger partial charge in [-0.3, -0.25) is 4.40 Å². The van der Waals surface area contributed by atoms with Crippen molar-refractivity contribution < 1.29 is 4.74 Å². The van der Waals surface area contributed by atoms with Crippen molar-refractivity contribution in [3.8, 4) is 5.75 Å². The maximum absolute atomic E-state index is 6.02. The third-order valence-electron chi connectivity index (χ3n) is 5.28. The summed E-state index contributed by atoms with van der Waals surface area (Å²) in [6, 6.07) is 9.80. The Labute approximate surface area is 159 Å². The summed E-state index contributed by atoms with van der Waals surface area (Å²) in [5.74, 6) is 2.47.